The fraction of sp³-hybridized carbons (Fsp3) is 0.429. The molecule has 2 heterocycles. The van der Waals surface area contributed by atoms with E-state index in [1.807, 2.05) is 0 Å². The summed E-state index contributed by atoms with van der Waals surface area (Å²) in [6.07, 6.45) is -3.63. The van der Waals surface area contributed by atoms with Crippen molar-refractivity contribution in [3.8, 4) is 11.3 Å². The Bertz CT molecular complexity index is 962. The van der Waals surface area contributed by atoms with E-state index in [2.05, 4.69) is 15.6 Å². The molecule has 4 rings (SSSR count). The summed E-state index contributed by atoms with van der Waals surface area (Å²) < 4.78 is 54.1. The number of hydrogen-bond acceptors (Lipinski definition) is 2. The van der Waals surface area contributed by atoms with E-state index in [9.17, 15) is 27.2 Å². The lowest BCUT2D eigenvalue weighted by atomic mass is 10.00. The molecular formula is C21H21F4N3O2. The van der Waals surface area contributed by atoms with Gasteiger partial charge >= 0.3 is 6.18 Å². The maximum atomic E-state index is 13.6. The highest BCUT2D eigenvalue weighted by molar-refractivity contribution is 5.89. The topological polar surface area (TPSA) is 74.0 Å². The lowest BCUT2D eigenvalue weighted by molar-refractivity contribution is -0.161. The number of halogens is 4. The molecule has 2 aliphatic rings. The summed E-state index contributed by atoms with van der Waals surface area (Å²) in [5, 5.41) is 5.28. The average molecular weight is 423 g/mol. The maximum Gasteiger partial charge on any atom is 0.399 e. The fourth-order valence-electron chi connectivity index (χ4n) is 3.90. The number of hydrogen-bond donors (Lipinski definition) is 3. The molecule has 0 spiro atoms. The zero-order valence-corrected chi connectivity index (χ0v) is 16.0. The van der Waals surface area contributed by atoms with Crippen LogP contribution in [0.2, 0.25) is 0 Å². The first-order chi connectivity index (χ1) is 14.2. The van der Waals surface area contributed by atoms with Gasteiger partial charge in [0.05, 0.1) is 0 Å². The summed E-state index contributed by atoms with van der Waals surface area (Å²) in [6.45, 7) is 0.499. The number of rotatable bonds is 6. The standard InChI is InChI=1S/C21H21F4N3O2/c22-14-4-1-12(2-5-14)18-13(3-6-17(29)27-15-7-10-26-19(15)30)11-16(28-18)20(8-9-20)21(23,24)25/h1-2,4-5,11,15,28H,3,6-10H2,(H,26,30)(H,27,29). The molecule has 1 aromatic heterocycles. The zero-order chi connectivity index (χ0) is 21.5. The van der Waals surface area contributed by atoms with Gasteiger partial charge in [-0.05, 0) is 67.1 Å². The van der Waals surface area contributed by atoms with Crippen LogP contribution in [0.4, 0.5) is 17.6 Å². The van der Waals surface area contributed by atoms with E-state index in [0.29, 0.717) is 29.8 Å². The Kier molecular flexibility index (Phi) is 5.07. The molecule has 1 aliphatic heterocycles. The number of amides is 2. The van der Waals surface area contributed by atoms with Crippen LogP contribution in [0.3, 0.4) is 0 Å². The second kappa shape index (κ2) is 7.45. The highest BCUT2D eigenvalue weighted by Crippen LogP contribution is 2.59. The average Bonchev–Trinajstić information content (AvgIpc) is 3.27. The summed E-state index contributed by atoms with van der Waals surface area (Å²) in [7, 11) is 0. The number of nitrogens with one attached hydrogen (secondary N) is 3. The first-order valence-electron chi connectivity index (χ1n) is 9.82. The number of aryl methyl sites for hydroxylation is 1. The summed E-state index contributed by atoms with van der Waals surface area (Å²) in [4.78, 5) is 26.7. The highest BCUT2D eigenvalue weighted by Gasteiger charge is 2.65. The van der Waals surface area contributed by atoms with Gasteiger partial charge in [-0.2, -0.15) is 13.2 Å². The minimum atomic E-state index is -4.37. The van der Waals surface area contributed by atoms with Crippen molar-refractivity contribution in [2.75, 3.05) is 6.54 Å². The molecule has 9 heteroatoms. The van der Waals surface area contributed by atoms with Gasteiger partial charge in [0.25, 0.3) is 0 Å². The number of H-pyrrole nitrogens is 1. The molecule has 160 valence electrons. The van der Waals surface area contributed by atoms with E-state index in [4.69, 9.17) is 0 Å². The Hall–Kier alpha value is -2.84. The van der Waals surface area contributed by atoms with Gasteiger partial charge in [0.15, 0.2) is 0 Å². The Labute approximate surface area is 170 Å². The number of alkyl halides is 3. The van der Waals surface area contributed by atoms with E-state index >= 15 is 0 Å². The van der Waals surface area contributed by atoms with Gasteiger partial charge in [0.1, 0.15) is 17.3 Å². The van der Waals surface area contributed by atoms with Crippen molar-refractivity contribution >= 4 is 11.8 Å². The van der Waals surface area contributed by atoms with Crippen molar-refractivity contribution in [2.24, 2.45) is 0 Å². The molecule has 2 fully saturated rings. The van der Waals surface area contributed by atoms with Gasteiger partial charge in [-0.15, -0.1) is 0 Å². The van der Waals surface area contributed by atoms with Gasteiger partial charge in [-0.1, -0.05) is 0 Å². The normalized spacial score (nSPS) is 20.1. The van der Waals surface area contributed by atoms with Crippen LogP contribution in [0.25, 0.3) is 11.3 Å². The quantitative estimate of drug-likeness (QED) is 0.624. The highest BCUT2D eigenvalue weighted by atomic mass is 19.4. The van der Waals surface area contributed by atoms with Crippen LogP contribution in [-0.4, -0.2) is 35.6 Å². The summed E-state index contributed by atoms with van der Waals surface area (Å²) in [5.74, 6) is -1.03. The van der Waals surface area contributed by atoms with E-state index in [0.717, 1.165) is 0 Å². The van der Waals surface area contributed by atoms with Gasteiger partial charge < -0.3 is 15.6 Å². The van der Waals surface area contributed by atoms with Crippen molar-refractivity contribution in [1.82, 2.24) is 15.6 Å². The minimum Gasteiger partial charge on any atom is -0.357 e. The Balaban J connectivity index is 1.57. The maximum absolute atomic E-state index is 13.6. The number of aromatic nitrogens is 1. The van der Waals surface area contributed by atoms with Crippen LogP contribution >= 0.6 is 0 Å². The SMILES string of the molecule is O=C(CCc1cc(C2(C(F)(F)F)CC2)[nH]c1-c1ccc(F)cc1)NC1CCNC1=O. The monoisotopic (exact) mass is 423 g/mol. The van der Waals surface area contributed by atoms with Crippen molar-refractivity contribution < 1.29 is 27.2 Å². The first kappa shape index (κ1) is 20.4. The van der Waals surface area contributed by atoms with E-state index in [-0.39, 0.29) is 43.2 Å². The zero-order valence-electron chi connectivity index (χ0n) is 16.0. The van der Waals surface area contributed by atoms with Crippen molar-refractivity contribution in [1.29, 1.82) is 0 Å². The second-order valence-electron chi connectivity index (χ2n) is 7.87. The van der Waals surface area contributed by atoms with Gasteiger partial charge in [-0.25, -0.2) is 4.39 Å². The Morgan fingerprint density at radius 3 is 2.47 bits per heavy atom. The lowest BCUT2D eigenvalue weighted by Gasteiger charge is -2.17. The summed E-state index contributed by atoms with van der Waals surface area (Å²) >= 11 is 0. The minimum absolute atomic E-state index is 0.0105. The molecule has 2 amide bonds. The van der Waals surface area contributed by atoms with E-state index < -0.39 is 23.5 Å². The second-order valence-corrected chi connectivity index (χ2v) is 7.87. The molecule has 1 saturated carbocycles. The Morgan fingerprint density at radius 1 is 1.20 bits per heavy atom. The third-order valence-electron chi connectivity index (χ3n) is 5.85. The van der Waals surface area contributed by atoms with Crippen LogP contribution < -0.4 is 10.6 Å². The van der Waals surface area contributed by atoms with Crippen LogP contribution in [0.15, 0.2) is 30.3 Å². The van der Waals surface area contributed by atoms with Crippen LogP contribution in [-0.2, 0) is 21.4 Å². The predicted octanol–water partition coefficient (Wildman–Crippen LogP) is 3.35. The van der Waals surface area contributed by atoms with Gasteiger partial charge in [-0.3, -0.25) is 9.59 Å². The molecule has 0 radical (unpaired) electrons. The smallest absolute Gasteiger partial charge is 0.357 e. The van der Waals surface area contributed by atoms with Crippen molar-refractivity contribution in [3.63, 3.8) is 0 Å². The van der Waals surface area contributed by atoms with Crippen LogP contribution in [0.5, 0.6) is 0 Å². The third kappa shape index (κ3) is 3.80. The molecular weight excluding hydrogens is 402 g/mol. The molecule has 5 nitrogen and oxygen atoms in total. The third-order valence-corrected chi connectivity index (χ3v) is 5.85. The van der Waals surface area contributed by atoms with Crippen LogP contribution in [0.1, 0.15) is 36.9 Å². The van der Waals surface area contributed by atoms with Crippen molar-refractivity contribution in [3.05, 3.63) is 47.4 Å². The van der Waals surface area contributed by atoms with E-state index in [1.54, 1.807) is 0 Å². The molecule has 0 bridgehead atoms. The van der Waals surface area contributed by atoms with Crippen molar-refractivity contribution in [2.45, 2.75) is 49.7 Å². The molecule has 1 aliphatic carbocycles. The predicted molar refractivity (Wildman–Crippen MR) is 101 cm³/mol. The largest absolute Gasteiger partial charge is 0.399 e. The van der Waals surface area contributed by atoms with Crippen LogP contribution in [0, 0.1) is 5.82 Å². The van der Waals surface area contributed by atoms with E-state index in [1.165, 1.54) is 30.3 Å². The molecule has 1 aromatic carbocycles. The molecule has 1 saturated heterocycles. The Morgan fingerprint density at radius 2 is 1.90 bits per heavy atom. The molecule has 2 aromatic rings. The summed E-state index contributed by atoms with van der Waals surface area (Å²) in [6, 6.07) is 6.35. The molecule has 30 heavy (non-hydrogen) atoms. The van der Waals surface area contributed by atoms with Gasteiger partial charge in [0.2, 0.25) is 11.8 Å². The molecule has 1 unspecified atom stereocenters. The first-order valence-corrected chi connectivity index (χ1v) is 9.82. The lowest BCUT2D eigenvalue weighted by Crippen LogP contribution is -2.40. The number of aromatic amines is 1. The molecule has 1 atom stereocenters. The number of carbonyl (C=O) groups excluding carboxylic acids is 2. The number of benzene rings is 1. The van der Waals surface area contributed by atoms with Gasteiger partial charge in [0, 0.05) is 24.4 Å². The summed E-state index contributed by atoms with van der Waals surface area (Å²) in [5.41, 5.74) is -0.263. The number of carbonyl (C=O) groups is 2. The molecule has 3 N–H and O–H groups in total. The fourth-order valence-corrected chi connectivity index (χ4v) is 3.90.